The predicted molar refractivity (Wildman–Crippen MR) is 93.2 cm³/mol. The number of rotatable bonds is 7. The van der Waals surface area contributed by atoms with Gasteiger partial charge in [0.15, 0.2) is 0 Å². The first-order valence-corrected chi connectivity index (χ1v) is 8.02. The molecule has 7 heteroatoms. The van der Waals surface area contributed by atoms with E-state index in [1.54, 1.807) is 30.3 Å². The summed E-state index contributed by atoms with van der Waals surface area (Å²) in [6, 6.07) is 12.1. The summed E-state index contributed by atoms with van der Waals surface area (Å²) in [5.41, 5.74) is 0.920. The number of halogens is 1. The molecule has 0 saturated carbocycles. The highest BCUT2D eigenvalue weighted by Gasteiger charge is 2.08. The molecule has 0 atom stereocenters. The molecule has 0 aliphatic heterocycles. The Balaban J connectivity index is 1.74. The molecule has 0 saturated heterocycles. The third-order valence-electron chi connectivity index (χ3n) is 3.34. The summed E-state index contributed by atoms with van der Waals surface area (Å²) in [5.74, 6) is -1.18. The van der Waals surface area contributed by atoms with Crippen LogP contribution in [0.1, 0.15) is 22.8 Å². The van der Waals surface area contributed by atoms with Crippen LogP contribution in [0.25, 0.3) is 0 Å². The van der Waals surface area contributed by atoms with Crippen LogP contribution in [0.4, 0.5) is 4.39 Å². The molecule has 26 heavy (non-hydrogen) atoms. The van der Waals surface area contributed by atoms with Crippen LogP contribution in [0.3, 0.4) is 0 Å². The molecule has 0 bridgehead atoms. The second-order valence-corrected chi connectivity index (χ2v) is 5.53. The first-order valence-electron chi connectivity index (χ1n) is 8.02. The summed E-state index contributed by atoms with van der Waals surface area (Å²) in [4.78, 5) is 34.8. The molecule has 2 N–H and O–H groups in total. The Morgan fingerprint density at radius 3 is 2.46 bits per heavy atom. The van der Waals surface area contributed by atoms with Gasteiger partial charge in [-0.3, -0.25) is 14.4 Å². The average molecular weight is 358 g/mol. The van der Waals surface area contributed by atoms with Crippen LogP contribution < -0.4 is 15.4 Å². The second kappa shape index (κ2) is 9.31. The van der Waals surface area contributed by atoms with Crippen molar-refractivity contribution in [2.24, 2.45) is 0 Å². The standard InChI is InChI=1S/C19H19FN2O4/c1-13(23)26-17-7-3-5-15(12-17)19(25)22-9-8-21-18(24)11-14-4-2-6-16(20)10-14/h2-7,10,12H,8-9,11H2,1H3,(H,21,24)(H,22,25). The van der Waals surface area contributed by atoms with Crippen molar-refractivity contribution in [2.45, 2.75) is 13.3 Å². The fourth-order valence-electron chi connectivity index (χ4n) is 2.24. The lowest BCUT2D eigenvalue weighted by Gasteiger charge is -2.08. The summed E-state index contributed by atoms with van der Waals surface area (Å²) < 4.78 is 18.0. The Kier molecular flexibility index (Phi) is 6.84. The lowest BCUT2D eigenvalue weighted by Crippen LogP contribution is -2.35. The maximum absolute atomic E-state index is 13.1. The Labute approximate surface area is 150 Å². The maximum Gasteiger partial charge on any atom is 0.308 e. The van der Waals surface area contributed by atoms with Gasteiger partial charge in [0.2, 0.25) is 5.91 Å². The number of benzene rings is 2. The lowest BCUT2D eigenvalue weighted by atomic mass is 10.1. The molecule has 0 aliphatic carbocycles. The number of nitrogens with one attached hydrogen (secondary N) is 2. The molecule has 0 aliphatic rings. The van der Waals surface area contributed by atoms with Gasteiger partial charge >= 0.3 is 5.97 Å². The molecule has 136 valence electrons. The highest BCUT2D eigenvalue weighted by atomic mass is 19.1. The van der Waals surface area contributed by atoms with Gasteiger partial charge in [-0.2, -0.15) is 0 Å². The monoisotopic (exact) mass is 358 g/mol. The van der Waals surface area contributed by atoms with E-state index >= 15 is 0 Å². The Morgan fingerprint density at radius 1 is 1.00 bits per heavy atom. The highest BCUT2D eigenvalue weighted by Crippen LogP contribution is 2.13. The zero-order valence-corrected chi connectivity index (χ0v) is 14.3. The second-order valence-electron chi connectivity index (χ2n) is 5.53. The van der Waals surface area contributed by atoms with Crippen LogP contribution in [0.2, 0.25) is 0 Å². The predicted octanol–water partition coefficient (Wildman–Crippen LogP) is 1.84. The molecular weight excluding hydrogens is 339 g/mol. The number of hydrogen-bond acceptors (Lipinski definition) is 4. The van der Waals surface area contributed by atoms with Gasteiger partial charge in [-0.15, -0.1) is 0 Å². The molecule has 2 aromatic rings. The van der Waals surface area contributed by atoms with E-state index in [1.165, 1.54) is 25.1 Å². The normalized spacial score (nSPS) is 10.1. The largest absolute Gasteiger partial charge is 0.427 e. The quantitative estimate of drug-likeness (QED) is 0.449. The molecule has 6 nitrogen and oxygen atoms in total. The number of carbonyl (C=O) groups excluding carboxylic acids is 3. The zero-order valence-electron chi connectivity index (χ0n) is 14.3. The van der Waals surface area contributed by atoms with Gasteiger partial charge in [-0.05, 0) is 35.9 Å². The van der Waals surface area contributed by atoms with Gasteiger partial charge in [-0.1, -0.05) is 18.2 Å². The van der Waals surface area contributed by atoms with Crippen LogP contribution in [-0.2, 0) is 16.0 Å². The smallest absolute Gasteiger partial charge is 0.308 e. The molecule has 0 fully saturated rings. The summed E-state index contributed by atoms with van der Waals surface area (Å²) >= 11 is 0. The minimum absolute atomic E-state index is 0.0656. The van der Waals surface area contributed by atoms with Crippen molar-refractivity contribution in [1.29, 1.82) is 0 Å². The van der Waals surface area contributed by atoms with Crippen LogP contribution in [0.5, 0.6) is 5.75 Å². The van der Waals surface area contributed by atoms with Gasteiger partial charge in [0.05, 0.1) is 6.42 Å². The fraction of sp³-hybridized carbons (Fsp3) is 0.211. The number of amides is 2. The van der Waals surface area contributed by atoms with Crippen molar-refractivity contribution in [3.8, 4) is 5.75 Å². The van der Waals surface area contributed by atoms with Crippen LogP contribution in [-0.4, -0.2) is 30.9 Å². The van der Waals surface area contributed by atoms with Gasteiger partial charge in [0.1, 0.15) is 11.6 Å². The Morgan fingerprint density at radius 2 is 1.73 bits per heavy atom. The van der Waals surface area contributed by atoms with E-state index in [0.29, 0.717) is 11.1 Å². The average Bonchev–Trinajstić information content (AvgIpc) is 2.58. The SMILES string of the molecule is CC(=O)Oc1cccc(C(=O)NCCNC(=O)Cc2cccc(F)c2)c1. The van der Waals surface area contributed by atoms with E-state index < -0.39 is 11.8 Å². The minimum atomic E-state index is -0.469. The van der Waals surface area contributed by atoms with E-state index in [4.69, 9.17) is 4.74 Å². The molecule has 0 unspecified atom stereocenters. The zero-order chi connectivity index (χ0) is 18.9. The molecule has 2 rings (SSSR count). The van der Waals surface area contributed by atoms with Crippen molar-refractivity contribution in [2.75, 3.05) is 13.1 Å². The van der Waals surface area contributed by atoms with E-state index in [2.05, 4.69) is 10.6 Å². The van der Waals surface area contributed by atoms with Crippen molar-refractivity contribution in [3.05, 3.63) is 65.5 Å². The summed E-state index contributed by atoms with van der Waals surface area (Å²) in [6.07, 6.45) is 0.0656. The van der Waals surface area contributed by atoms with E-state index in [0.717, 1.165) is 0 Å². The third-order valence-corrected chi connectivity index (χ3v) is 3.34. The molecule has 0 radical (unpaired) electrons. The van der Waals surface area contributed by atoms with Gasteiger partial charge in [0, 0.05) is 25.6 Å². The number of carbonyl (C=O) groups is 3. The lowest BCUT2D eigenvalue weighted by molar-refractivity contribution is -0.131. The topological polar surface area (TPSA) is 84.5 Å². The first kappa shape index (κ1) is 19.1. The third kappa shape index (κ3) is 6.35. The Bertz CT molecular complexity index is 808. The van der Waals surface area contributed by atoms with Crippen molar-refractivity contribution in [3.63, 3.8) is 0 Å². The molecule has 0 aromatic heterocycles. The molecule has 2 amide bonds. The maximum atomic E-state index is 13.1. The van der Waals surface area contributed by atoms with Crippen LogP contribution in [0.15, 0.2) is 48.5 Å². The summed E-state index contributed by atoms with van der Waals surface area (Å²) in [5, 5.41) is 5.30. The van der Waals surface area contributed by atoms with E-state index in [-0.39, 0.29) is 37.1 Å². The molecule has 0 heterocycles. The number of ether oxygens (including phenoxy) is 1. The number of esters is 1. The molecule has 2 aromatic carbocycles. The minimum Gasteiger partial charge on any atom is -0.427 e. The fourth-order valence-corrected chi connectivity index (χ4v) is 2.24. The van der Waals surface area contributed by atoms with Gasteiger partial charge in [-0.25, -0.2) is 4.39 Å². The van der Waals surface area contributed by atoms with E-state index in [1.807, 2.05) is 0 Å². The van der Waals surface area contributed by atoms with Crippen LogP contribution >= 0.6 is 0 Å². The van der Waals surface area contributed by atoms with Crippen molar-refractivity contribution >= 4 is 17.8 Å². The molecular formula is C19H19FN2O4. The highest BCUT2D eigenvalue weighted by molar-refractivity contribution is 5.94. The summed E-state index contributed by atoms with van der Waals surface area (Å²) in [6.45, 7) is 1.74. The Hall–Kier alpha value is -3.22. The molecule has 0 spiro atoms. The van der Waals surface area contributed by atoms with Crippen molar-refractivity contribution < 1.29 is 23.5 Å². The van der Waals surface area contributed by atoms with Gasteiger partial charge in [0.25, 0.3) is 5.91 Å². The van der Waals surface area contributed by atoms with Crippen molar-refractivity contribution in [1.82, 2.24) is 10.6 Å². The van der Waals surface area contributed by atoms with Crippen LogP contribution in [0, 0.1) is 5.82 Å². The van der Waals surface area contributed by atoms with E-state index in [9.17, 15) is 18.8 Å². The summed E-state index contributed by atoms with van der Waals surface area (Å²) in [7, 11) is 0. The van der Waals surface area contributed by atoms with Gasteiger partial charge < -0.3 is 15.4 Å². The number of hydrogen-bond donors (Lipinski definition) is 2. The first-order chi connectivity index (χ1) is 12.4.